The van der Waals surface area contributed by atoms with Gasteiger partial charge in [0.2, 0.25) is 0 Å². The van der Waals surface area contributed by atoms with Gasteiger partial charge in [-0.3, -0.25) is 0 Å². The van der Waals surface area contributed by atoms with E-state index in [0.717, 1.165) is 5.57 Å². The Morgan fingerprint density at radius 1 is 1.44 bits per heavy atom. The molecule has 51 valence electrons. The minimum Gasteiger partial charge on any atom is -0.247 e. The van der Waals surface area contributed by atoms with Crippen LogP contribution >= 0.6 is 0 Å². The molecule has 0 aromatic rings. The second-order valence-corrected chi connectivity index (χ2v) is 2.35. The first-order valence-corrected chi connectivity index (χ1v) is 2.90. The van der Waals surface area contributed by atoms with Crippen molar-refractivity contribution in [1.29, 1.82) is 0 Å². The highest BCUT2D eigenvalue weighted by molar-refractivity contribution is 5.71. The average molecular weight is 127 g/mol. The summed E-state index contributed by atoms with van der Waals surface area (Å²) in [6, 6.07) is 0. The zero-order valence-electron chi connectivity index (χ0n) is 5.97. The number of carbonyl (C=O) groups excluding carboxylic acids is 1. The van der Waals surface area contributed by atoms with Crippen molar-refractivity contribution in [3.05, 3.63) is 11.6 Å². The first-order valence-electron chi connectivity index (χ1n) is 2.90. The van der Waals surface area contributed by atoms with Crippen LogP contribution in [0.4, 0.5) is 0 Å². The number of hydrogen-bond donors (Lipinski definition) is 0. The molecular formula is C7H11O2. The highest BCUT2D eigenvalue weighted by Crippen LogP contribution is 2.01. The molecule has 0 aromatic carbocycles. The number of allylic oxidation sites excluding steroid dienone is 1. The van der Waals surface area contributed by atoms with Gasteiger partial charge in [0.1, 0.15) is 0 Å². The molecule has 2 nitrogen and oxygen atoms in total. The minimum absolute atomic E-state index is 0.463. The van der Waals surface area contributed by atoms with E-state index in [1.54, 1.807) is 13.0 Å². The van der Waals surface area contributed by atoms with E-state index in [4.69, 9.17) is 0 Å². The predicted molar refractivity (Wildman–Crippen MR) is 34.3 cm³/mol. The summed E-state index contributed by atoms with van der Waals surface area (Å²) in [6.45, 7) is 5.32. The standard InChI is InChI=1S/C7H11O2/c1-5(2)4-6(3)7(8)9/h4,6H,1-3H3. The Morgan fingerprint density at radius 2 is 1.89 bits per heavy atom. The molecule has 0 aliphatic heterocycles. The highest BCUT2D eigenvalue weighted by atomic mass is 16.4. The third-order valence-corrected chi connectivity index (χ3v) is 0.955. The Morgan fingerprint density at radius 3 is 2.00 bits per heavy atom. The van der Waals surface area contributed by atoms with E-state index in [1.807, 2.05) is 13.8 Å². The Balaban J connectivity index is 3.91. The first-order chi connectivity index (χ1) is 4.04. The molecule has 1 atom stereocenters. The second kappa shape index (κ2) is 3.28. The third-order valence-electron chi connectivity index (χ3n) is 0.955. The predicted octanol–water partition coefficient (Wildman–Crippen LogP) is 1.55. The van der Waals surface area contributed by atoms with Crippen LogP contribution in [-0.2, 0) is 9.90 Å². The summed E-state index contributed by atoms with van der Waals surface area (Å²) in [6.07, 6.45) is 1.66. The van der Waals surface area contributed by atoms with Gasteiger partial charge in [0.25, 0.3) is 0 Å². The molecule has 0 heterocycles. The van der Waals surface area contributed by atoms with Crippen molar-refractivity contribution in [2.24, 2.45) is 5.92 Å². The Hall–Kier alpha value is -0.790. The lowest BCUT2D eigenvalue weighted by Crippen LogP contribution is -2.04. The van der Waals surface area contributed by atoms with Crippen molar-refractivity contribution >= 4 is 5.97 Å². The van der Waals surface area contributed by atoms with Crippen molar-refractivity contribution in [1.82, 2.24) is 0 Å². The van der Waals surface area contributed by atoms with Crippen molar-refractivity contribution in [3.8, 4) is 0 Å². The lowest BCUT2D eigenvalue weighted by molar-refractivity contribution is -0.145. The van der Waals surface area contributed by atoms with Gasteiger partial charge in [-0.1, -0.05) is 11.6 Å². The summed E-state index contributed by atoms with van der Waals surface area (Å²) >= 11 is 0. The molecule has 0 saturated carbocycles. The molecule has 0 amide bonds. The van der Waals surface area contributed by atoms with Crippen LogP contribution in [0.25, 0.3) is 0 Å². The maximum Gasteiger partial charge on any atom is 0.362 e. The smallest absolute Gasteiger partial charge is 0.247 e. The SMILES string of the molecule is CC(C)=CC(C)C([O])=O. The molecule has 1 unspecified atom stereocenters. The molecule has 9 heavy (non-hydrogen) atoms. The van der Waals surface area contributed by atoms with E-state index in [2.05, 4.69) is 0 Å². The van der Waals surface area contributed by atoms with Gasteiger partial charge in [-0.25, -0.2) is 9.90 Å². The van der Waals surface area contributed by atoms with Gasteiger partial charge in [-0.15, -0.1) is 0 Å². The molecule has 0 fully saturated rings. The van der Waals surface area contributed by atoms with E-state index >= 15 is 0 Å². The summed E-state index contributed by atoms with van der Waals surface area (Å²) in [5, 5.41) is 10.1. The van der Waals surface area contributed by atoms with Gasteiger partial charge in [0.15, 0.2) is 0 Å². The largest absolute Gasteiger partial charge is 0.362 e. The molecule has 0 N–H and O–H groups in total. The fourth-order valence-corrected chi connectivity index (χ4v) is 0.568. The molecule has 0 rings (SSSR count). The average Bonchev–Trinajstić information content (AvgIpc) is 1.63. The molecule has 0 aliphatic carbocycles. The lowest BCUT2D eigenvalue weighted by atomic mass is 10.1. The van der Waals surface area contributed by atoms with Crippen molar-refractivity contribution in [2.45, 2.75) is 20.8 Å². The maximum atomic E-state index is 10.1. The van der Waals surface area contributed by atoms with Crippen LogP contribution in [0.1, 0.15) is 20.8 Å². The van der Waals surface area contributed by atoms with E-state index in [1.165, 1.54) is 0 Å². The van der Waals surface area contributed by atoms with Crippen LogP contribution in [0.15, 0.2) is 11.6 Å². The van der Waals surface area contributed by atoms with E-state index in [0.29, 0.717) is 0 Å². The van der Waals surface area contributed by atoms with Gasteiger partial charge < -0.3 is 0 Å². The van der Waals surface area contributed by atoms with Gasteiger partial charge >= 0.3 is 5.97 Å². The van der Waals surface area contributed by atoms with Crippen molar-refractivity contribution < 1.29 is 9.90 Å². The lowest BCUT2D eigenvalue weighted by Gasteiger charge is -1.94. The summed E-state index contributed by atoms with van der Waals surface area (Å²) in [7, 11) is 0. The fraction of sp³-hybridized carbons (Fsp3) is 0.571. The van der Waals surface area contributed by atoms with Crippen LogP contribution < -0.4 is 0 Å². The van der Waals surface area contributed by atoms with Gasteiger partial charge in [0, 0.05) is 0 Å². The fourth-order valence-electron chi connectivity index (χ4n) is 0.568. The zero-order valence-corrected chi connectivity index (χ0v) is 5.97. The van der Waals surface area contributed by atoms with E-state index in [-0.39, 0.29) is 0 Å². The quantitative estimate of drug-likeness (QED) is 0.518. The zero-order chi connectivity index (χ0) is 7.44. The monoisotopic (exact) mass is 127 g/mol. The molecule has 1 radical (unpaired) electrons. The normalized spacial score (nSPS) is 12.3. The Labute approximate surface area is 55.2 Å². The molecule has 0 spiro atoms. The number of carbonyl (C=O) groups is 1. The maximum absolute atomic E-state index is 10.1. The summed E-state index contributed by atoms with van der Waals surface area (Å²) in [5.74, 6) is -1.48. The summed E-state index contributed by atoms with van der Waals surface area (Å²) < 4.78 is 0. The van der Waals surface area contributed by atoms with Gasteiger partial charge in [0.05, 0.1) is 5.92 Å². The van der Waals surface area contributed by atoms with Gasteiger partial charge in [-0.05, 0) is 20.8 Å². The minimum atomic E-state index is -1.02. The third kappa shape index (κ3) is 3.76. The molecule has 0 aliphatic rings. The van der Waals surface area contributed by atoms with Crippen LogP contribution in [0, 0.1) is 5.92 Å². The topological polar surface area (TPSA) is 37.0 Å². The Kier molecular flexibility index (Phi) is 2.99. The highest BCUT2D eigenvalue weighted by Gasteiger charge is 2.07. The molecule has 0 bridgehead atoms. The van der Waals surface area contributed by atoms with Crippen LogP contribution in [-0.4, -0.2) is 5.97 Å². The van der Waals surface area contributed by atoms with Crippen LogP contribution in [0.5, 0.6) is 0 Å². The first kappa shape index (κ1) is 8.21. The van der Waals surface area contributed by atoms with Crippen molar-refractivity contribution in [3.63, 3.8) is 0 Å². The summed E-state index contributed by atoms with van der Waals surface area (Å²) in [5.41, 5.74) is 1.01. The molecular weight excluding hydrogens is 116 g/mol. The van der Waals surface area contributed by atoms with E-state index in [9.17, 15) is 9.90 Å². The summed E-state index contributed by atoms with van der Waals surface area (Å²) in [4.78, 5) is 10.1. The number of rotatable bonds is 2. The second-order valence-electron chi connectivity index (χ2n) is 2.35. The van der Waals surface area contributed by atoms with Crippen LogP contribution in [0.2, 0.25) is 0 Å². The Bertz CT molecular complexity index is 132. The molecule has 0 saturated heterocycles. The number of hydrogen-bond acceptors (Lipinski definition) is 1. The van der Waals surface area contributed by atoms with Gasteiger partial charge in [-0.2, -0.15) is 0 Å². The molecule has 2 heteroatoms. The van der Waals surface area contributed by atoms with Crippen LogP contribution in [0.3, 0.4) is 0 Å². The van der Waals surface area contributed by atoms with E-state index < -0.39 is 11.9 Å². The molecule has 0 aromatic heterocycles. The van der Waals surface area contributed by atoms with Crippen molar-refractivity contribution in [2.75, 3.05) is 0 Å².